The number of rotatable bonds is 17. The van der Waals surface area contributed by atoms with Gasteiger partial charge >= 0.3 is 0 Å². The first-order chi connectivity index (χ1) is 30.2. The second kappa shape index (κ2) is 17.5. The maximum Gasteiger partial charge on any atom is 0.255 e. The van der Waals surface area contributed by atoms with Gasteiger partial charge in [0, 0.05) is 66.7 Å². The predicted octanol–water partition coefficient (Wildman–Crippen LogP) is 9.43. The van der Waals surface area contributed by atoms with Gasteiger partial charge in [-0.25, -0.2) is 27.8 Å². The maximum atomic E-state index is 13.3. The first kappa shape index (κ1) is 45.1. The molecule has 3 saturated carbocycles. The molecule has 0 spiro atoms. The summed E-state index contributed by atoms with van der Waals surface area (Å²) in [7, 11) is 0. The van der Waals surface area contributed by atoms with Gasteiger partial charge in [-0.15, -0.1) is 5.10 Å². The van der Waals surface area contributed by atoms with E-state index in [1.807, 2.05) is 50.2 Å². The molecule has 16 heteroatoms. The molecule has 4 heterocycles. The molecule has 2 aromatic carbocycles. The van der Waals surface area contributed by atoms with E-state index >= 15 is 0 Å². The molecule has 3 aliphatic rings. The molecule has 0 saturated heterocycles. The lowest BCUT2D eigenvalue weighted by Gasteiger charge is -2.19. The van der Waals surface area contributed by atoms with E-state index in [1.165, 1.54) is 12.8 Å². The number of ketones is 2. The van der Waals surface area contributed by atoms with Gasteiger partial charge in [-0.05, 0) is 102 Å². The number of hydrogen-bond acceptors (Lipinski definition) is 11. The van der Waals surface area contributed by atoms with Crippen LogP contribution in [0.25, 0.3) is 33.8 Å². The van der Waals surface area contributed by atoms with E-state index in [9.17, 15) is 28.6 Å². The molecule has 0 amide bonds. The van der Waals surface area contributed by atoms with Crippen LogP contribution in [0.15, 0.2) is 60.9 Å². The number of aliphatic hydroxyl groups is 2. The number of carbonyl (C=O) groups excluding carboxylic acids is 2. The van der Waals surface area contributed by atoms with E-state index in [1.54, 1.807) is 61.3 Å². The fourth-order valence-corrected chi connectivity index (χ4v) is 7.71. The minimum Gasteiger partial charge on any atom is -0.476 e. The Hall–Kier alpha value is -5.51. The van der Waals surface area contributed by atoms with Gasteiger partial charge in [-0.3, -0.25) is 9.59 Å². The van der Waals surface area contributed by atoms with Crippen molar-refractivity contribution in [3.05, 3.63) is 88.3 Å². The van der Waals surface area contributed by atoms with Crippen LogP contribution in [0, 0.1) is 31.6 Å². The number of aromatic nitrogens is 6. The summed E-state index contributed by atoms with van der Waals surface area (Å²) in [5.41, 5.74) is 7.11. The number of anilines is 2. The fraction of sp³-hybridized carbons (Fsp3) is 0.458. The Kier molecular flexibility index (Phi) is 12.3. The van der Waals surface area contributed by atoms with E-state index in [0.717, 1.165) is 51.9 Å². The summed E-state index contributed by atoms with van der Waals surface area (Å²) < 4.78 is 35.6. The normalized spacial score (nSPS) is 17.0. The molecule has 3 aliphatic carbocycles. The second-order valence-electron chi connectivity index (χ2n) is 19.0. The van der Waals surface area contributed by atoms with E-state index in [-0.39, 0.29) is 37.0 Å². The van der Waals surface area contributed by atoms with Gasteiger partial charge in [-0.1, -0.05) is 35.9 Å². The van der Waals surface area contributed by atoms with Crippen LogP contribution in [0.3, 0.4) is 0 Å². The van der Waals surface area contributed by atoms with Crippen molar-refractivity contribution in [1.29, 1.82) is 0 Å². The Morgan fingerprint density at radius 3 is 1.64 bits per heavy atom. The number of nitrogens with zero attached hydrogens (tertiary/aromatic N) is 6. The van der Waals surface area contributed by atoms with Crippen LogP contribution < -0.4 is 15.4 Å². The Morgan fingerprint density at radius 1 is 0.766 bits per heavy atom. The lowest BCUT2D eigenvalue weighted by molar-refractivity contribution is 0.0845. The third-order valence-corrected chi connectivity index (χ3v) is 11.9. The summed E-state index contributed by atoms with van der Waals surface area (Å²) in [5, 5.41) is 35.8. The number of hydrogen-bond donors (Lipinski definition) is 4. The van der Waals surface area contributed by atoms with Crippen LogP contribution in [-0.2, 0) is 0 Å². The molecule has 64 heavy (non-hydrogen) atoms. The summed E-state index contributed by atoms with van der Waals surface area (Å²) in [5.74, 6) is -1.82. The topological polar surface area (TPSA) is 168 Å². The van der Waals surface area contributed by atoms with Crippen LogP contribution in [0.2, 0.25) is 5.15 Å². The Labute approximate surface area is 375 Å². The minimum absolute atomic E-state index is 0.128. The van der Waals surface area contributed by atoms with Crippen LogP contribution in [0.1, 0.15) is 104 Å². The summed E-state index contributed by atoms with van der Waals surface area (Å²) >= 11 is 6.24. The number of ether oxygens (including phenoxy) is 1. The first-order valence-corrected chi connectivity index (χ1v) is 22.2. The highest BCUT2D eigenvalue weighted by Gasteiger charge is 2.57. The number of imidazole rings is 2. The highest BCUT2D eigenvalue weighted by Crippen LogP contribution is 2.48. The lowest BCUT2D eigenvalue weighted by Crippen LogP contribution is -2.29. The van der Waals surface area contributed by atoms with Crippen molar-refractivity contribution >= 4 is 45.8 Å². The highest BCUT2D eigenvalue weighted by molar-refractivity contribution is 6.29. The molecular weight excluding hydrogens is 842 g/mol. The third kappa shape index (κ3) is 10.9. The molecule has 9 rings (SSSR count). The Bertz CT molecular complexity index is 2730. The molecular formula is C48H55ClF2N8O5. The van der Waals surface area contributed by atoms with Crippen molar-refractivity contribution in [3.8, 4) is 28.4 Å². The molecule has 6 aromatic rings. The van der Waals surface area contributed by atoms with E-state index < -0.39 is 23.0 Å². The van der Waals surface area contributed by atoms with E-state index in [0.29, 0.717) is 64.7 Å². The quantitative estimate of drug-likeness (QED) is 0.0644. The third-order valence-electron chi connectivity index (χ3n) is 11.7. The van der Waals surface area contributed by atoms with Gasteiger partial charge in [-0.2, -0.15) is 5.10 Å². The zero-order chi connectivity index (χ0) is 45.7. The molecule has 1 atom stereocenters. The summed E-state index contributed by atoms with van der Waals surface area (Å²) in [6, 6.07) is 14.8. The van der Waals surface area contributed by atoms with Gasteiger partial charge in [0.2, 0.25) is 5.88 Å². The van der Waals surface area contributed by atoms with Crippen LogP contribution in [0.5, 0.6) is 5.88 Å². The van der Waals surface area contributed by atoms with Crippen LogP contribution >= 0.6 is 11.6 Å². The molecule has 3 fully saturated rings. The van der Waals surface area contributed by atoms with Crippen molar-refractivity contribution in [3.63, 3.8) is 0 Å². The summed E-state index contributed by atoms with van der Waals surface area (Å²) in [4.78, 5) is 34.1. The molecule has 1 unspecified atom stereocenters. The van der Waals surface area contributed by atoms with Crippen molar-refractivity contribution in [2.45, 2.75) is 104 Å². The molecule has 0 bridgehead atoms. The van der Waals surface area contributed by atoms with E-state index in [4.69, 9.17) is 16.3 Å². The van der Waals surface area contributed by atoms with Gasteiger partial charge in [0.1, 0.15) is 0 Å². The van der Waals surface area contributed by atoms with Gasteiger partial charge < -0.3 is 25.6 Å². The Morgan fingerprint density at radius 2 is 1.22 bits per heavy atom. The minimum atomic E-state index is -2.68. The predicted molar refractivity (Wildman–Crippen MR) is 243 cm³/mol. The average Bonchev–Trinajstić information content (AvgIpc) is 4.18. The molecule has 338 valence electrons. The lowest BCUT2D eigenvalue weighted by atomic mass is 9.98. The summed E-state index contributed by atoms with van der Waals surface area (Å²) in [6.07, 6.45) is 9.07. The first-order valence-electron chi connectivity index (χ1n) is 21.9. The average molecular weight is 897 g/mol. The van der Waals surface area contributed by atoms with Gasteiger partial charge in [0.05, 0.1) is 58.9 Å². The number of fused-ring (bicyclic) bond motifs is 2. The number of benzene rings is 2. The molecule has 0 aliphatic heterocycles. The SMILES string of the molecule is Cc1cc(-c2cnc3c(NCC(C)(C)O)cc(Cl)nn23)ccc1C(=O)CC1CC1.Cc1cc(-c2cnc3c(NCC(C)(C)O)cc(OCC4CC4(F)F)nn23)ccc1C(=O)CC1CC1. The van der Waals surface area contributed by atoms with Gasteiger partial charge in [0.25, 0.3) is 5.92 Å². The van der Waals surface area contributed by atoms with Crippen molar-refractivity contribution in [2.24, 2.45) is 17.8 Å². The molecule has 4 N–H and O–H groups in total. The number of nitrogens with one attached hydrogen (secondary N) is 2. The van der Waals surface area contributed by atoms with Crippen molar-refractivity contribution < 1.29 is 33.3 Å². The number of Topliss-reactive ketones (excluding diaryl/α,β-unsaturated/α-hetero) is 2. The monoisotopic (exact) mass is 896 g/mol. The maximum absolute atomic E-state index is 13.3. The van der Waals surface area contributed by atoms with Crippen molar-refractivity contribution in [2.75, 3.05) is 30.3 Å². The van der Waals surface area contributed by atoms with Crippen LogP contribution in [0.4, 0.5) is 20.2 Å². The zero-order valence-electron chi connectivity index (χ0n) is 37.0. The number of carbonyl (C=O) groups is 2. The number of alkyl halides is 2. The zero-order valence-corrected chi connectivity index (χ0v) is 37.8. The molecule has 4 aromatic heterocycles. The van der Waals surface area contributed by atoms with E-state index in [2.05, 4.69) is 30.8 Å². The highest BCUT2D eigenvalue weighted by atomic mass is 35.5. The van der Waals surface area contributed by atoms with Gasteiger partial charge in [0.15, 0.2) is 28.0 Å². The second-order valence-corrected chi connectivity index (χ2v) is 19.4. The Balaban J connectivity index is 0.000000178. The smallest absolute Gasteiger partial charge is 0.255 e. The fourth-order valence-electron chi connectivity index (χ4n) is 7.53. The standard InChI is InChI=1S/C26H30F2N4O3.C22H25ClN4O2/c1-15-8-17(6-7-19(15)22(33)9-16-4-5-16)21-12-29-24-20(30-14-25(2,3)34)10-23(31-32(21)24)35-13-18-11-26(18,27)28;1-13-8-15(6-7-16(13)19(28)9-14-4-5-14)18-11-24-21-17(25-12-22(2,3)29)10-20(23)26-27(18)21/h6-8,10,12,16,18,30,34H,4-5,9,11,13-14H2,1-3H3;6-8,10-11,14,25,29H,4-5,9,12H2,1-3H3. The van der Waals surface area contributed by atoms with Crippen LogP contribution in [-0.4, -0.2) is 87.8 Å². The molecule has 0 radical (unpaired) electrons. The largest absolute Gasteiger partial charge is 0.476 e. The number of halogens is 3. The molecule has 13 nitrogen and oxygen atoms in total. The summed E-state index contributed by atoms with van der Waals surface area (Å²) in [6.45, 7) is 11.2. The van der Waals surface area contributed by atoms with Crippen molar-refractivity contribution in [1.82, 2.24) is 29.2 Å². The number of aryl methyl sites for hydroxylation is 2.